The molecule has 1 amide bonds. The Balaban J connectivity index is 1.32. The van der Waals surface area contributed by atoms with Gasteiger partial charge in [0.15, 0.2) is 0 Å². The molecule has 3 heterocycles. The molecule has 8 nitrogen and oxygen atoms in total. The Bertz CT molecular complexity index is 1570. The lowest BCUT2D eigenvalue weighted by Gasteiger charge is -2.18. The van der Waals surface area contributed by atoms with Crippen LogP contribution in [-0.2, 0) is 0 Å². The van der Waals surface area contributed by atoms with Gasteiger partial charge in [0.05, 0.1) is 11.0 Å². The number of dihydropyridines is 1. The van der Waals surface area contributed by atoms with Crippen LogP contribution in [0.15, 0.2) is 65.9 Å². The van der Waals surface area contributed by atoms with Gasteiger partial charge >= 0.3 is 0 Å². The minimum Gasteiger partial charge on any atom is -0.484 e. The molecule has 0 saturated carbocycles. The predicted octanol–water partition coefficient (Wildman–Crippen LogP) is 5.70. The highest BCUT2D eigenvalue weighted by molar-refractivity contribution is 7.16. The summed E-state index contributed by atoms with van der Waals surface area (Å²) in [6, 6.07) is 15.5. The molecule has 1 unspecified atom stereocenters. The molecule has 1 aliphatic rings. The average molecular weight is 577 g/mol. The predicted molar refractivity (Wildman–Crippen MR) is 164 cm³/mol. The third kappa shape index (κ3) is 6.28. The summed E-state index contributed by atoms with van der Waals surface area (Å²) in [5.74, 6) is -0.120. The Labute approximate surface area is 243 Å². The van der Waals surface area contributed by atoms with Crippen LogP contribution < -0.4 is 15.8 Å². The number of nitrogens with two attached hydrogens (primary N) is 1. The highest BCUT2D eigenvalue weighted by Crippen LogP contribution is 2.37. The molecule has 208 valence electrons. The van der Waals surface area contributed by atoms with E-state index in [1.807, 2.05) is 54.1 Å². The van der Waals surface area contributed by atoms with Crippen molar-refractivity contribution in [2.75, 3.05) is 27.2 Å². The highest BCUT2D eigenvalue weighted by atomic mass is 35.5. The number of carbonyl (C=O) groups is 1. The van der Waals surface area contributed by atoms with Gasteiger partial charge in [-0.1, -0.05) is 41.9 Å². The van der Waals surface area contributed by atoms with Gasteiger partial charge in [-0.2, -0.15) is 0 Å². The first-order valence-electron chi connectivity index (χ1n) is 13.2. The summed E-state index contributed by atoms with van der Waals surface area (Å²) >= 11 is 7.62. The van der Waals surface area contributed by atoms with Crippen LogP contribution in [0.4, 0.5) is 0 Å². The average Bonchev–Trinajstić information content (AvgIpc) is 3.55. The number of hydrogen-bond acceptors (Lipinski definition) is 7. The molecule has 10 heteroatoms. The van der Waals surface area contributed by atoms with E-state index in [2.05, 4.69) is 47.5 Å². The van der Waals surface area contributed by atoms with Crippen molar-refractivity contribution in [1.82, 2.24) is 19.8 Å². The van der Waals surface area contributed by atoms with Crippen LogP contribution >= 0.6 is 22.9 Å². The molecule has 2 aromatic heterocycles. The number of benzene rings is 2. The van der Waals surface area contributed by atoms with E-state index < -0.39 is 5.91 Å². The number of halogens is 1. The number of carbonyl (C=O) groups excluding carboxylic acids is 1. The van der Waals surface area contributed by atoms with Crippen molar-refractivity contribution in [1.29, 1.82) is 0 Å². The van der Waals surface area contributed by atoms with E-state index in [4.69, 9.17) is 27.1 Å². The Kier molecular flexibility index (Phi) is 8.66. The Hall–Kier alpha value is -3.50. The largest absolute Gasteiger partial charge is 0.484 e. The zero-order valence-corrected chi connectivity index (χ0v) is 24.4. The summed E-state index contributed by atoms with van der Waals surface area (Å²) in [7, 11) is 4.17. The lowest BCUT2D eigenvalue weighted by atomic mass is 10.0. The summed E-state index contributed by atoms with van der Waals surface area (Å²) in [5.41, 5.74) is 10.5. The van der Waals surface area contributed by atoms with Crippen LogP contribution in [0, 0.1) is 0 Å². The number of allylic oxidation sites excluding steroid dienone is 1. The first-order chi connectivity index (χ1) is 19.3. The van der Waals surface area contributed by atoms with Crippen molar-refractivity contribution in [3.63, 3.8) is 0 Å². The Morgan fingerprint density at radius 1 is 1.27 bits per heavy atom. The van der Waals surface area contributed by atoms with Crippen molar-refractivity contribution >= 4 is 51.7 Å². The molecule has 0 fully saturated rings. The zero-order chi connectivity index (χ0) is 28.2. The van der Waals surface area contributed by atoms with Crippen LogP contribution in [0.25, 0.3) is 21.6 Å². The van der Waals surface area contributed by atoms with E-state index in [9.17, 15) is 4.79 Å². The van der Waals surface area contributed by atoms with Gasteiger partial charge in [-0.3, -0.25) is 19.7 Å². The normalized spacial score (nSPS) is 15.9. The van der Waals surface area contributed by atoms with E-state index in [1.165, 1.54) is 11.3 Å². The van der Waals surface area contributed by atoms with Crippen molar-refractivity contribution in [3.8, 4) is 10.8 Å². The lowest BCUT2D eigenvalue weighted by Crippen LogP contribution is -2.30. The molecule has 4 aromatic rings. The van der Waals surface area contributed by atoms with E-state index in [0.29, 0.717) is 15.6 Å². The molecule has 0 spiro atoms. The number of hydrogen-bond donors (Lipinski definition) is 2. The lowest BCUT2D eigenvalue weighted by molar-refractivity contribution is 0.0998. The third-order valence-electron chi connectivity index (χ3n) is 6.79. The molecule has 0 radical (unpaired) electrons. The summed E-state index contributed by atoms with van der Waals surface area (Å²) in [5, 5.41) is 4.89. The number of amides is 1. The van der Waals surface area contributed by atoms with Crippen LogP contribution in [0.3, 0.4) is 0 Å². The van der Waals surface area contributed by atoms with Gasteiger partial charge in [-0.25, -0.2) is 4.98 Å². The molecular weight excluding hydrogens is 544 g/mol. The SMILES string of the molecule is C[C@@H](Oc1cc(-n2cnc3cc(C4=CCC(NCCCN(C)C)N=C4)ccc32)sc1C(N)=O)c1ccccc1Cl. The number of nitrogens with zero attached hydrogens (tertiary/aromatic N) is 4. The monoisotopic (exact) mass is 576 g/mol. The number of aromatic nitrogens is 2. The Morgan fingerprint density at radius 2 is 2.10 bits per heavy atom. The molecular formula is C30H33ClN6O2S. The van der Waals surface area contributed by atoms with Gasteiger partial charge in [0.1, 0.15) is 34.2 Å². The van der Waals surface area contributed by atoms with Gasteiger partial charge in [0.25, 0.3) is 5.91 Å². The van der Waals surface area contributed by atoms with Gasteiger partial charge in [-0.05, 0) is 69.9 Å². The second-order valence-electron chi connectivity index (χ2n) is 10.0. The summed E-state index contributed by atoms with van der Waals surface area (Å²) in [4.78, 5) is 24.2. The first kappa shape index (κ1) is 28.0. The van der Waals surface area contributed by atoms with Crippen LogP contribution in [-0.4, -0.2) is 59.9 Å². The summed E-state index contributed by atoms with van der Waals surface area (Å²) in [6.07, 6.45) is 7.60. The van der Waals surface area contributed by atoms with E-state index in [-0.39, 0.29) is 12.3 Å². The third-order valence-corrected chi connectivity index (χ3v) is 8.26. The first-order valence-corrected chi connectivity index (χ1v) is 14.4. The van der Waals surface area contributed by atoms with E-state index in [1.54, 1.807) is 6.33 Å². The van der Waals surface area contributed by atoms with Crippen LogP contribution in [0.2, 0.25) is 5.02 Å². The molecule has 2 atom stereocenters. The highest BCUT2D eigenvalue weighted by Gasteiger charge is 2.21. The van der Waals surface area contributed by atoms with Crippen LogP contribution in [0.1, 0.15) is 46.7 Å². The fourth-order valence-electron chi connectivity index (χ4n) is 4.68. The van der Waals surface area contributed by atoms with Gasteiger partial charge in [0.2, 0.25) is 0 Å². The number of thiophene rings is 1. The van der Waals surface area contributed by atoms with Crippen LogP contribution in [0.5, 0.6) is 5.75 Å². The number of rotatable bonds is 11. The van der Waals surface area contributed by atoms with Gasteiger partial charge in [-0.15, -0.1) is 11.3 Å². The van der Waals surface area contributed by atoms with Crippen molar-refractivity contribution in [3.05, 3.63) is 82.0 Å². The fourth-order valence-corrected chi connectivity index (χ4v) is 5.90. The molecule has 5 rings (SSSR count). The zero-order valence-electron chi connectivity index (χ0n) is 22.8. The molecule has 3 N–H and O–H groups in total. The smallest absolute Gasteiger partial charge is 0.262 e. The number of imidazole rings is 1. The van der Waals surface area contributed by atoms with Crippen molar-refractivity contribution in [2.24, 2.45) is 10.7 Å². The number of aliphatic imine (C=N–C) groups is 1. The number of fused-ring (bicyclic) bond motifs is 1. The standard InChI is InChI=1S/C30H33ClN6O2S/c1-19(22-7-4-5-8-23(22)31)39-26-16-28(40-29(26)30(32)38)37-18-35-24-15-20(9-11-25(24)37)21-10-12-27(34-17-21)33-13-6-14-36(2)3/h4-5,7-11,15-19,27,33H,6,12-14H2,1-3H3,(H2,32,38)/t19-,27?/m1/s1. The maximum atomic E-state index is 12.3. The van der Waals surface area contributed by atoms with Gasteiger partial charge in [0, 0.05) is 29.3 Å². The molecule has 1 aliphatic heterocycles. The minimum absolute atomic E-state index is 0.115. The fraction of sp³-hybridized carbons (Fsp3) is 0.300. The number of nitrogens with one attached hydrogen (secondary N) is 1. The molecule has 0 bridgehead atoms. The minimum atomic E-state index is -0.543. The summed E-state index contributed by atoms with van der Waals surface area (Å²) < 4.78 is 8.12. The second-order valence-corrected chi connectivity index (χ2v) is 11.5. The van der Waals surface area contributed by atoms with Crippen molar-refractivity contribution in [2.45, 2.75) is 32.0 Å². The van der Waals surface area contributed by atoms with E-state index in [0.717, 1.165) is 58.7 Å². The molecule has 0 aliphatic carbocycles. The van der Waals surface area contributed by atoms with E-state index >= 15 is 0 Å². The second kappa shape index (κ2) is 12.3. The molecule has 40 heavy (non-hydrogen) atoms. The maximum Gasteiger partial charge on any atom is 0.262 e. The number of ether oxygens (including phenoxy) is 1. The number of primary amides is 1. The quantitative estimate of drug-likeness (QED) is 0.223. The maximum absolute atomic E-state index is 12.3. The topological polar surface area (TPSA) is 97.8 Å². The summed E-state index contributed by atoms with van der Waals surface area (Å²) in [6.45, 7) is 3.89. The van der Waals surface area contributed by atoms with Gasteiger partial charge < -0.3 is 15.4 Å². The van der Waals surface area contributed by atoms with Crippen molar-refractivity contribution < 1.29 is 9.53 Å². The molecule has 0 saturated heterocycles. The Morgan fingerprint density at radius 3 is 2.83 bits per heavy atom. The molecule has 2 aromatic carbocycles.